The normalized spacial score (nSPS) is 16.6. The first-order chi connectivity index (χ1) is 8.29. The van der Waals surface area contributed by atoms with Gasteiger partial charge in [0.2, 0.25) is 0 Å². The van der Waals surface area contributed by atoms with Crippen LogP contribution in [0.3, 0.4) is 0 Å². The molecule has 2 nitrogen and oxygen atoms in total. The molecule has 1 aliphatic carbocycles. The zero-order valence-electron chi connectivity index (χ0n) is 10.7. The van der Waals surface area contributed by atoms with Gasteiger partial charge in [-0.3, -0.25) is 0 Å². The van der Waals surface area contributed by atoms with Gasteiger partial charge in [-0.1, -0.05) is 31.0 Å². The van der Waals surface area contributed by atoms with E-state index in [0.29, 0.717) is 6.54 Å². The molecule has 2 rings (SSSR count). The average molecular weight is 233 g/mol. The van der Waals surface area contributed by atoms with E-state index in [1.807, 2.05) is 0 Å². The Morgan fingerprint density at radius 3 is 2.71 bits per heavy atom. The van der Waals surface area contributed by atoms with E-state index in [1.165, 1.54) is 42.4 Å². The number of ether oxygens (including phenoxy) is 1. The zero-order chi connectivity index (χ0) is 12.1. The van der Waals surface area contributed by atoms with E-state index in [2.05, 4.69) is 25.1 Å². The van der Waals surface area contributed by atoms with Crippen LogP contribution in [0.15, 0.2) is 18.2 Å². The Bertz CT molecular complexity index is 356. The average Bonchev–Trinajstić information content (AvgIpc) is 2.84. The van der Waals surface area contributed by atoms with E-state index in [0.717, 1.165) is 19.1 Å². The molecular formula is C15H23NO. The molecule has 0 amide bonds. The lowest BCUT2D eigenvalue weighted by atomic mass is 10.1. The summed E-state index contributed by atoms with van der Waals surface area (Å²) in [7, 11) is 0. The van der Waals surface area contributed by atoms with E-state index in [4.69, 9.17) is 10.5 Å². The number of aryl methyl sites for hydroxylation is 1. The Hall–Kier alpha value is -0.860. The predicted octanol–water partition coefficient (Wildman–Crippen LogP) is 3.16. The third-order valence-electron chi connectivity index (χ3n) is 3.73. The Labute approximate surface area is 104 Å². The maximum atomic E-state index is 5.83. The van der Waals surface area contributed by atoms with Gasteiger partial charge in [0.25, 0.3) is 0 Å². The first-order valence-corrected chi connectivity index (χ1v) is 6.66. The maximum absolute atomic E-state index is 5.83. The molecule has 1 aromatic carbocycles. The first kappa shape index (κ1) is 12.6. The summed E-state index contributed by atoms with van der Waals surface area (Å²) in [5, 5.41) is 0. The number of nitrogens with two attached hydrogens (primary N) is 1. The van der Waals surface area contributed by atoms with Crippen LogP contribution in [0.1, 0.15) is 42.4 Å². The van der Waals surface area contributed by atoms with Crippen molar-refractivity contribution in [3.8, 4) is 0 Å². The van der Waals surface area contributed by atoms with Gasteiger partial charge in [0.15, 0.2) is 0 Å². The summed E-state index contributed by atoms with van der Waals surface area (Å²) < 4.78 is 5.83. The standard InChI is InChI=1S/C15H23NO/c1-12-8-14(9-16)6-7-15(12)11-17-10-13-4-2-3-5-13/h6-8,13H,2-5,9-11,16H2,1H3. The van der Waals surface area contributed by atoms with Gasteiger partial charge in [-0.2, -0.15) is 0 Å². The fourth-order valence-electron chi connectivity index (χ4n) is 2.56. The summed E-state index contributed by atoms with van der Waals surface area (Å²) >= 11 is 0. The molecule has 0 atom stereocenters. The Morgan fingerprint density at radius 1 is 1.29 bits per heavy atom. The molecule has 1 fully saturated rings. The van der Waals surface area contributed by atoms with Gasteiger partial charge < -0.3 is 10.5 Å². The second-order valence-electron chi connectivity index (χ2n) is 5.13. The van der Waals surface area contributed by atoms with Crippen LogP contribution in [0.5, 0.6) is 0 Å². The maximum Gasteiger partial charge on any atom is 0.0719 e. The molecule has 1 aliphatic rings. The van der Waals surface area contributed by atoms with Crippen molar-refractivity contribution < 1.29 is 4.74 Å². The molecule has 0 spiro atoms. The predicted molar refractivity (Wildman–Crippen MR) is 70.7 cm³/mol. The molecule has 94 valence electrons. The molecule has 0 saturated heterocycles. The van der Waals surface area contributed by atoms with Crippen LogP contribution in [0.2, 0.25) is 0 Å². The fraction of sp³-hybridized carbons (Fsp3) is 0.600. The quantitative estimate of drug-likeness (QED) is 0.848. The van der Waals surface area contributed by atoms with Crippen LogP contribution < -0.4 is 5.73 Å². The van der Waals surface area contributed by atoms with Gasteiger partial charge in [0, 0.05) is 13.2 Å². The van der Waals surface area contributed by atoms with Crippen molar-refractivity contribution in [1.82, 2.24) is 0 Å². The number of rotatable bonds is 5. The number of benzene rings is 1. The monoisotopic (exact) mass is 233 g/mol. The van der Waals surface area contributed by atoms with Crippen molar-refractivity contribution >= 4 is 0 Å². The van der Waals surface area contributed by atoms with Crippen molar-refractivity contribution in [3.63, 3.8) is 0 Å². The van der Waals surface area contributed by atoms with Gasteiger partial charge >= 0.3 is 0 Å². The molecule has 17 heavy (non-hydrogen) atoms. The summed E-state index contributed by atoms with van der Waals surface area (Å²) in [6.07, 6.45) is 5.48. The van der Waals surface area contributed by atoms with Gasteiger partial charge in [-0.15, -0.1) is 0 Å². The van der Waals surface area contributed by atoms with E-state index in [-0.39, 0.29) is 0 Å². The van der Waals surface area contributed by atoms with E-state index >= 15 is 0 Å². The van der Waals surface area contributed by atoms with Gasteiger partial charge in [-0.05, 0) is 42.4 Å². The van der Waals surface area contributed by atoms with Crippen molar-refractivity contribution in [2.24, 2.45) is 11.7 Å². The zero-order valence-corrected chi connectivity index (χ0v) is 10.7. The summed E-state index contributed by atoms with van der Waals surface area (Å²) in [5.41, 5.74) is 9.40. The second kappa shape index (κ2) is 6.18. The lowest BCUT2D eigenvalue weighted by Crippen LogP contribution is -2.06. The molecule has 0 unspecified atom stereocenters. The third kappa shape index (κ3) is 3.55. The van der Waals surface area contributed by atoms with Gasteiger partial charge in [0.05, 0.1) is 6.61 Å². The molecule has 0 bridgehead atoms. The van der Waals surface area contributed by atoms with Crippen LogP contribution >= 0.6 is 0 Å². The summed E-state index contributed by atoms with van der Waals surface area (Å²) in [5.74, 6) is 0.804. The van der Waals surface area contributed by atoms with Crippen LogP contribution in [0.25, 0.3) is 0 Å². The van der Waals surface area contributed by atoms with Crippen LogP contribution in [0, 0.1) is 12.8 Å². The van der Waals surface area contributed by atoms with E-state index in [9.17, 15) is 0 Å². The van der Waals surface area contributed by atoms with Crippen LogP contribution in [0.4, 0.5) is 0 Å². The Kier molecular flexibility index (Phi) is 4.57. The topological polar surface area (TPSA) is 35.2 Å². The molecule has 0 aliphatic heterocycles. The number of hydrogen-bond donors (Lipinski definition) is 1. The van der Waals surface area contributed by atoms with Gasteiger partial charge in [-0.25, -0.2) is 0 Å². The largest absolute Gasteiger partial charge is 0.376 e. The van der Waals surface area contributed by atoms with Gasteiger partial charge in [0.1, 0.15) is 0 Å². The minimum Gasteiger partial charge on any atom is -0.376 e. The molecule has 2 heteroatoms. The highest BCUT2D eigenvalue weighted by molar-refractivity contribution is 5.30. The Balaban J connectivity index is 1.81. The summed E-state index contributed by atoms with van der Waals surface area (Å²) in [6.45, 7) is 4.42. The van der Waals surface area contributed by atoms with E-state index < -0.39 is 0 Å². The molecule has 1 saturated carbocycles. The first-order valence-electron chi connectivity index (χ1n) is 6.66. The molecular weight excluding hydrogens is 210 g/mol. The SMILES string of the molecule is Cc1cc(CN)ccc1COCC1CCCC1. The van der Waals surface area contributed by atoms with Crippen molar-refractivity contribution in [2.75, 3.05) is 6.61 Å². The van der Waals surface area contributed by atoms with Crippen LogP contribution in [-0.4, -0.2) is 6.61 Å². The number of hydrogen-bond acceptors (Lipinski definition) is 2. The second-order valence-corrected chi connectivity index (χ2v) is 5.13. The van der Waals surface area contributed by atoms with Crippen molar-refractivity contribution in [3.05, 3.63) is 34.9 Å². The highest BCUT2D eigenvalue weighted by Crippen LogP contribution is 2.25. The smallest absolute Gasteiger partial charge is 0.0719 e. The van der Waals surface area contributed by atoms with Crippen LogP contribution in [-0.2, 0) is 17.9 Å². The molecule has 1 aromatic rings. The van der Waals surface area contributed by atoms with Crippen molar-refractivity contribution in [2.45, 2.75) is 45.8 Å². The molecule has 0 radical (unpaired) electrons. The molecule has 0 aromatic heterocycles. The molecule has 2 N–H and O–H groups in total. The van der Waals surface area contributed by atoms with Crippen molar-refractivity contribution in [1.29, 1.82) is 0 Å². The molecule has 0 heterocycles. The minimum absolute atomic E-state index is 0.615. The fourth-order valence-corrected chi connectivity index (χ4v) is 2.56. The summed E-state index contributed by atoms with van der Waals surface area (Å²) in [6, 6.07) is 6.40. The third-order valence-corrected chi connectivity index (χ3v) is 3.73. The van der Waals surface area contributed by atoms with E-state index in [1.54, 1.807) is 0 Å². The lowest BCUT2D eigenvalue weighted by molar-refractivity contribution is 0.0885. The minimum atomic E-state index is 0.615. The Morgan fingerprint density at radius 2 is 2.06 bits per heavy atom. The highest BCUT2D eigenvalue weighted by Gasteiger charge is 2.14. The highest BCUT2D eigenvalue weighted by atomic mass is 16.5. The summed E-state index contributed by atoms with van der Waals surface area (Å²) in [4.78, 5) is 0. The lowest BCUT2D eigenvalue weighted by Gasteiger charge is -2.12.